The summed E-state index contributed by atoms with van der Waals surface area (Å²) in [4.78, 5) is 32.2. The summed E-state index contributed by atoms with van der Waals surface area (Å²) >= 11 is 0. The summed E-state index contributed by atoms with van der Waals surface area (Å²) in [5, 5.41) is 40.1. The number of ether oxygens (including phenoxy) is 1. The lowest BCUT2D eigenvalue weighted by molar-refractivity contribution is -0.122. The zero-order valence-electron chi connectivity index (χ0n) is 24.4. The molecule has 0 radical (unpaired) electrons. The van der Waals surface area contributed by atoms with Crippen LogP contribution in [0.4, 0.5) is 21.8 Å². The first-order chi connectivity index (χ1) is 20.5. The smallest absolute Gasteiger partial charge is 0.368 e. The molecular formula is C27H35FN10O5. The Bertz CT molecular complexity index is 1550. The van der Waals surface area contributed by atoms with Gasteiger partial charge in [0.2, 0.25) is 5.95 Å². The number of anilines is 3. The van der Waals surface area contributed by atoms with E-state index in [0.29, 0.717) is 11.9 Å². The Hall–Kier alpha value is -4.62. The van der Waals surface area contributed by atoms with Gasteiger partial charge in [-0.05, 0) is 69.5 Å². The van der Waals surface area contributed by atoms with Crippen molar-refractivity contribution >= 4 is 23.9 Å². The summed E-state index contributed by atoms with van der Waals surface area (Å²) in [6, 6.07) is 5.14. The molecule has 2 aliphatic heterocycles. The molecule has 5 rings (SSSR count). The lowest BCUT2D eigenvalue weighted by Crippen LogP contribution is -2.55. The molecule has 2 aliphatic rings. The number of rotatable bonds is 8. The van der Waals surface area contributed by atoms with Gasteiger partial charge in [-0.15, -0.1) is 0 Å². The van der Waals surface area contributed by atoms with E-state index in [2.05, 4.69) is 55.8 Å². The van der Waals surface area contributed by atoms with Crippen molar-refractivity contribution < 1.29 is 24.1 Å². The summed E-state index contributed by atoms with van der Waals surface area (Å²) < 4.78 is 22.8. The highest BCUT2D eigenvalue weighted by atomic mass is 19.1. The molecular weight excluding hydrogens is 563 g/mol. The van der Waals surface area contributed by atoms with Gasteiger partial charge in [0.15, 0.2) is 5.82 Å². The summed E-state index contributed by atoms with van der Waals surface area (Å²) in [6.45, 7) is 6.74. The minimum atomic E-state index is -0.822. The second kappa shape index (κ2) is 13.1. The first-order valence-corrected chi connectivity index (χ1v) is 13.8. The monoisotopic (exact) mass is 598 g/mol. The summed E-state index contributed by atoms with van der Waals surface area (Å²) in [6.07, 6.45) is 4.73. The first kappa shape index (κ1) is 31.3. The van der Waals surface area contributed by atoms with Crippen LogP contribution in [-0.2, 0) is 11.8 Å². The largest absolute Gasteiger partial charge is 0.489 e. The van der Waals surface area contributed by atoms with E-state index in [4.69, 9.17) is 14.6 Å². The minimum Gasteiger partial charge on any atom is -0.489 e. The maximum atomic E-state index is 15.2. The fraction of sp³-hybridized carbons (Fsp3) is 0.519. The molecule has 2 fully saturated rings. The van der Waals surface area contributed by atoms with Crippen molar-refractivity contribution in [2.45, 2.75) is 70.2 Å². The van der Waals surface area contributed by atoms with Crippen LogP contribution in [0.5, 0.6) is 5.75 Å². The molecule has 2 aromatic heterocycles. The average Bonchev–Trinajstić information content (AvgIpc) is 3.56. The van der Waals surface area contributed by atoms with Crippen LogP contribution in [0.3, 0.4) is 0 Å². The molecule has 0 aliphatic carbocycles. The minimum absolute atomic E-state index is 0.00415. The first-order valence-electron chi connectivity index (χ1n) is 13.8. The van der Waals surface area contributed by atoms with Crippen molar-refractivity contribution in [3.63, 3.8) is 0 Å². The van der Waals surface area contributed by atoms with Gasteiger partial charge in [0, 0.05) is 30.7 Å². The Morgan fingerprint density at radius 2 is 2.09 bits per heavy atom. The lowest BCUT2D eigenvalue weighted by Gasteiger charge is -2.47. The number of hydrogen-bond acceptors (Lipinski definition) is 12. The molecule has 0 amide bonds. The molecule has 230 valence electrons. The lowest BCUT2D eigenvalue weighted by atomic mass is 9.84. The number of nitrogens with one attached hydrogen (secondary N) is 2. The molecule has 1 aromatic carbocycles. The number of carbonyl (C=O) groups is 1. The molecule has 3 aromatic rings. The van der Waals surface area contributed by atoms with Gasteiger partial charge in [-0.25, -0.2) is 14.2 Å². The molecule has 4 heterocycles. The Morgan fingerprint density at radius 3 is 2.74 bits per heavy atom. The molecule has 16 heteroatoms. The van der Waals surface area contributed by atoms with Crippen molar-refractivity contribution in [1.82, 2.24) is 34.7 Å². The van der Waals surface area contributed by atoms with E-state index >= 15 is 4.39 Å². The third-order valence-electron chi connectivity index (χ3n) is 7.43. The second-order valence-electron chi connectivity index (χ2n) is 11.1. The number of halogens is 1. The number of aromatic nitrogens is 6. The van der Waals surface area contributed by atoms with Gasteiger partial charge >= 0.3 is 5.69 Å². The van der Waals surface area contributed by atoms with Gasteiger partial charge in [-0.2, -0.15) is 19.6 Å². The van der Waals surface area contributed by atoms with Gasteiger partial charge in [0.05, 0.1) is 18.0 Å². The van der Waals surface area contributed by atoms with Crippen LogP contribution in [0.15, 0.2) is 23.1 Å². The van der Waals surface area contributed by atoms with Crippen molar-refractivity contribution in [2.24, 2.45) is 7.05 Å². The standard InChI is InChI=1S/C26H33FN10O3.CH2O2/c1-15(38)14-40-22-9-19(27)20(10-21(22)37-25(39)35(4)33-34-37)31-24-29-13-16(12-28)23(32-24)30-17-8-18-6-5-7-36(18)26(2,3)11-17;2-1-3/h9-10,13,15,17-18,38H,5-8,11,14H2,1-4H3,(H2,29,30,31,32);1H,(H,2,3)/t15-,17-,18+;/m1./s1. The molecule has 0 bridgehead atoms. The van der Waals surface area contributed by atoms with Gasteiger partial charge in [0.25, 0.3) is 6.47 Å². The number of aryl methyl sites for hydroxylation is 1. The Morgan fingerprint density at radius 1 is 1.35 bits per heavy atom. The number of aliphatic hydroxyl groups is 1. The number of nitriles is 1. The van der Waals surface area contributed by atoms with Crippen molar-refractivity contribution in [1.29, 1.82) is 5.26 Å². The maximum Gasteiger partial charge on any atom is 0.368 e. The van der Waals surface area contributed by atoms with Crippen LogP contribution >= 0.6 is 0 Å². The SMILES string of the molecule is C[C@@H](O)COc1cc(F)c(Nc2ncc(C#N)c(N[C@@H]3C[C@@H]4CCCN4C(C)(C)C3)n2)cc1-n1nnn(C)c1=O.O=CO. The van der Waals surface area contributed by atoms with Crippen molar-refractivity contribution in [3.8, 4) is 17.5 Å². The van der Waals surface area contributed by atoms with Gasteiger partial charge in [-0.1, -0.05) is 0 Å². The van der Waals surface area contributed by atoms with Crippen LogP contribution < -0.4 is 21.1 Å². The number of piperidine rings is 1. The number of carboxylic acid groups (broad SMARTS) is 1. The Balaban J connectivity index is 0.00000135. The molecule has 4 N–H and O–H groups in total. The zero-order chi connectivity index (χ0) is 31.3. The highest BCUT2D eigenvalue weighted by molar-refractivity contribution is 5.64. The molecule has 2 saturated heterocycles. The van der Waals surface area contributed by atoms with Crippen LogP contribution in [0.25, 0.3) is 5.69 Å². The zero-order valence-corrected chi connectivity index (χ0v) is 24.4. The number of benzene rings is 1. The number of tetrazole rings is 1. The molecule has 43 heavy (non-hydrogen) atoms. The van der Waals surface area contributed by atoms with Crippen LogP contribution in [0, 0.1) is 17.1 Å². The maximum absolute atomic E-state index is 15.2. The summed E-state index contributed by atoms with van der Waals surface area (Å²) in [5.41, 5.74) is -0.204. The normalized spacial score (nSPS) is 19.7. The second-order valence-corrected chi connectivity index (χ2v) is 11.1. The van der Waals surface area contributed by atoms with Crippen LogP contribution in [0.2, 0.25) is 0 Å². The molecule has 0 spiro atoms. The van der Waals surface area contributed by atoms with E-state index in [1.54, 1.807) is 0 Å². The molecule has 0 saturated carbocycles. The predicted octanol–water partition coefficient (Wildman–Crippen LogP) is 1.79. The van der Waals surface area contributed by atoms with Crippen molar-refractivity contribution in [2.75, 3.05) is 23.8 Å². The van der Waals surface area contributed by atoms with Crippen LogP contribution in [-0.4, -0.2) is 88.2 Å². The fourth-order valence-corrected chi connectivity index (χ4v) is 5.66. The van der Waals surface area contributed by atoms with E-state index in [-0.39, 0.29) is 53.3 Å². The molecule has 0 unspecified atom stereocenters. The molecule has 3 atom stereocenters. The quantitative estimate of drug-likeness (QED) is 0.274. The number of aliphatic hydroxyl groups excluding tert-OH is 1. The van der Waals surface area contributed by atoms with E-state index < -0.39 is 17.6 Å². The van der Waals surface area contributed by atoms with Gasteiger partial charge < -0.3 is 25.6 Å². The van der Waals surface area contributed by atoms with Gasteiger partial charge in [-0.3, -0.25) is 9.69 Å². The fourth-order valence-electron chi connectivity index (χ4n) is 5.66. The van der Waals surface area contributed by atoms with Crippen molar-refractivity contribution in [3.05, 3.63) is 40.2 Å². The van der Waals surface area contributed by atoms with E-state index in [9.17, 15) is 15.2 Å². The van der Waals surface area contributed by atoms with E-state index in [1.165, 1.54) is 32.7 Å². The highest BCUT2D eigenvalue weighted by Gasteiger charge is 2.43. The number of hydrogen-bond donors (Lipinski definition) is 4. The highest BCUT2D eigenvalue weighted by Crippen LogP contribution is 2.39. The van der Waals surface area contributed by atoms with Gasteiger partial charge in [0.1, 0.15) is 35.5 Å². The third-order valence-corrected chi connectivity index (χ3v) is 7.43. The summed E-state index contributed by atoms with van der Waals surface area (Å²) in [5.74, 6) is -0.280. The average molecular weight is 599 g/mol. The van der Waals surface area contributed by atoms with Crippen LogP contribution in [0.1, 0.15) is 52.0 Å². The number of nitrogens with zero attached hydrogens (tertiary/aromatic N) is 8. The van der Waals surface area contributed by atoms with E-state index in [0.717, 1.165) is 41.2 Å². The Labute approximate surface area is 246 Å². The topological polar surface area (TPSA) is 196 Å². The molecule has 15 nitrogen and oxygen atoms in total. The number of fused-ring (bicyclic) bond motifs is 1. The summed E-state index contributed by atoms with van der Waals surface area (Å²) in [7, 11) is 1.43. The van der Waals surface area contributed by atoms with E-state index in [1.807, 2.05) is 0 Å². The Kier molecular flexibility index (Phi) is 9.56. The predicted molar refractivity (Wildman–Crippen MR) is 153 cm³/mol. The third kappa shape index (κ3) is 7.07.